The maximum absolute atomic E-state index is 0. The van der Waals surface area contributed by atoms with Crippen molar-refractivity contribution in [3.05, 3.63) is 0 Å². The molecule has 1 atom stereocenters. The Kier molecular flexibility index (Phi) is 238. The maximum Gasteiger partial charge on any atom is 0 e. The van der Waals surface area contributed by atoms with Crippen molar-refractivity contribution in [2.75, 3.05) is 0 Å². The van der Waals surface area contributed by atoms with Gasteiger partial charge in [-0.3, -0.25) is 0 Å². The van der Waals surface area contributed by atoms with E-state index >= 15 is 0 Å². The second kappa shape index (κ2) is 32.4. The molecule has 0 rings (SSSR count). The third-order valence-electron chi connectivity index (χ3n) is 0. The smallest absolute Gasteiger partial charge is 0 e. The predicted octanol–water partition coefficient (Wildman–Crippen LogP) is -0.711. The van der Waals surface area contributed by atoms with Crippen LogP contribution in [0, 0.1) is 0 Å². The summed E-state index contributed by atoms with van der Waals surface area (Å²) < 4.78 is 0. The zero-order valence-corrected chi connectivity index (χ0v) is 15.9. The van der Waals surface area contributed by atoms with Crippen LogP contribution < -0.4 is 0 Å². The SMILES string of the molecule is P.[Ca].[Fe].[K].[Mn].[Zn]. The monoisotopic (exact) mass is 288 g/mol. The van der Waals surface area contributed by atoms with Gasteiger partial charge in [-0.1, -0.05) is 0 Å². The first-order chi connectivity index (χ1) is 0. The second-order valence-corrected chi connectivity index (χ2v) is 0. The quantitative estimate of drug-likeness (QED) is 0.408. The van der Waals surface area contributed by atoms with Gasteiger partial charge in [0.1, 0.15) is 0 Å². The van der Waals surface area contributed by atoms with E-state index in [1.807, 2.05) is 0 Å². The van der Waals surface area contributed by atoms with E-state index in [0.29, 0.717) is 0 Å². The fraction of sp³-hybridized carbons (Fsp3) is 0. The van der Waals surface area contributed by atoms with E-state index in [0.717, 1.165) is 0 Å². The zero-order valence-electron chi connectivity index (χ0n) is 3.85. The molecule has 0 aromatic heterocycles. The van der Waals surface area contributed by atoms with E-state index in [9.17, 15) is 0 Å². The molecule has 0 aliphatic heterocycles. The van der Waals surface area contributed by atoms with Gasteiger partial charge >= 0.3 is 0 Å². The molecule has 1 unspecified atom stereocenters. The molecule has 28 valence electrons. The van der Waals surface area contributed by atoms with Crippen LogP contribution in [0.1, 0.15) is 0 Å². The summed E-state index contributed by atoms with van der Waals surface area (Å²) in [6, 6.07) is 0. The van der Waals surface area contributed by atoms with Crippen LogP contribution in [0.3, 0.4) is 0 Å². The van der Waals surface area contributed by atoms with Crippen molar-refractivity contribution in [2.24, 2.45) is 0 Å². The molecule has 0 N–H and O–H groups in total. The summed E-state index contributed by atoms with van der Waals surface area (Å²) in [6.45, 7) is 0. The fourth-order valence-corrected chi connectivity index (χ4v) is 0. The van der Waals surface area contributed by atoms with Crippen molar-refractivity contribution in [3.8, 4) is 0 Å². The number of hydrogen-bond donors (Lipinski definition) is 0. The van der Waals surface area contributed by atoms with Crippen LogP contribution in [0.2, 0.25) is 0 Å². The molecule has 6 heteroatoms. The summed E-state index contributed by atoms with van der Waals surface area (Å²) in [6.07, 6.45) is 0. The van der Waals surface area contributed by atoms with Crippen LogP contribution >= 0.6 is 9.90 Å². The topological polar surface area (TPSA) is 0 Å². The summed E-state index contributed by atoms with van der Waals surface area (Å²) >= 11 is 0. The Hall–Kier alpha value is 4.99. The predicted molar refractivity (Wildman–Crippen MR) is 22.6 cm³/mol. The molecule has 0 aromatic rings. The summed E-state index contributed by atoms with van der Waals surface area (Å²) in [4.78, 5) is 0. The van der Waals surface area contributed by atoms with E-state index in [2.05, 4.69) is 0 Å². The molecule has 4 radical (unpaired) electrons. The van der Waals surface area contributed by atoms with Crippen molar-refractivity contribution in [1.82, 2.24) is 0 Å². The van der Waals surface area contributed by atoms with Crippen molar-refractivity contribution >= 4 is 99.0 Å². The minimum Gasteiger partial charge on any atom is -0.153 e. The van der Waals surface area contributed by atoms with Crippen LogP contribution in [0.5, 0.6) is 0 Å². The fourth-order valence-electron chi connectivity index (χ4n) is 0. The Balaban J connectivity index is 0. The summed E-state index contributed by atoms with van der Waals surface area (Å²) in [7, 11) is 0. The summed E-state index contributed by atoms with van der Waals surface area (Å²) in [5.74, 6) is 0. The van der Waals surface area contributed by atoms with Gasteiger partial charge in [-0.15, -0.1) is 0 Å². The minimum absolute atomic E-state index is 0. The Morgan fingerprint density at radius 3 is 1.00 bits per heavy atom. The molecule has 0 bridgehead atoms. The third kappa shape index (κ3) is 23.1. The van der Waals surface area contributed by atoms with E-state index in [-0.39, 0.29) is 153 Å². The largest absolute Gasteiger partial charge is 0.153 e. The Morgan fingerprint density at radius 2 is 1.00 bits per heavy atom. The van der Waals surface area contributed by atoms with Gasteiger partial charge in [0.25, 0.3) is 0 Å². The Bertz CT molecular complexity index is 15.5. The molecule has 0 heterocycles. The van der Waals surface area contributed by atoms with Crippen LogP contribution in [0.25, 0.3) is 0 Å². The van der Waals surface area contributed by atoms with Gasteiger partial charge in [-0.25, -0.2) is 0 Å². The Labute approximate surface area is 148 Å². The first kappa shape index (κ1) is 44.1. The van der Waals surface area contributed by atoms with Gasteiger partial charge in [-0.2, -0.15) is 9.90 Å². The molecule has 0 nitrogen and oxygen atoms in total. The molecular formula is H3CaFeKMnPZn. The van der Waals surface area contributed by atoms with Gasteiger partial charge in [0.15, 0.2) is 0 Å². The van der Waals surface area contributed by atoms with Crippen LogP contribution in [-0.4, -0.2) is 89.1 Å². The molecule has 0 saturated carbocycles. The van der Waals surface area contributed by atoms with Crippen molar-refractivity contribution in [1.29, 1.82) is 0 Å². The van der Waals surface area contributed by atoms with Crippen molar-refractivity contribution < 1.29 is 53.6 Å². The van der Waals surface area contributed by atoms with Gasteiger partial charge in [0.2, 0.25) is 0 Å². The number of hydrogen-bond acceptors (Lipinski definition) is 0. The van der Waals surface area contributed by atoms with Crippen LogP contribution in [0.15, 0.2) is 0 Å². The van der Waals surface area contributed by atoms with Gasteiger partial charge in [0.05, 0.1) is 0 Å². The van der Waals surface area contributed by atoms with E-state index in [1.165, 1.54) is 0 Å². The third-order valence-corrected chi connectivity index (χ3v) is 0. The molecule has 0 fully saturated rings. The van der Waals surface area contributed by atoms with Gasteiger partial charge in [0, 0.05) is 143 Å². The van der Waals surface area contributed by atoms with E-state index in [1.54, 1.807) is 0 Å². The minimum atomic E-state index is 0. The average molecular weight is 289 g/mol. The molecule has 0 aromatic carbocycles. The van der Waals surface area contributed by atoms with E-state index < -0.39 is 0 Å². The standard InChI is InChI=1S/Ca.Fe.K.Mn.H3P.Zn/h;;;;1H3;. The van der Waals surface area contributed by atoms with E-state index in [4.69, 9.17) is 0 Å². The zero-order chi connectivity index (χ0) is 0. The van der Waals surface area contributed by atoms with Crippen LogP contribution in [0.4, 0.5) is 0 Å². The summed E-state index contributed by atoms with van der Waals surface area (Å²) in [5.41, 5.74) is 0. The number of rotatable bonds is 0. The molecule has 6 heavy (non-hydrogen) atoms. The average Bonchev–Trinajstić information content (AvgIpc) is 0. The first-order valence-electron chi connectivity index (χ1n) is 0. The molecular weight excluding hydrogens is 286 g/mol. The molecule has 0 aliphatic carbocycles. The Morgan fingerprint density at radius 1 is 1.00 bits per heavy atom. The molecule has 0 spiro atoms. The normalized spacial score (nSPS) is 0. The second-order valence-electron chi connectivity index (χ2n) is 0. The maximum atomic E-state index is 0. The van der Waals surface area contributed by atoms with Gasteiger partial charge < -0.3 is 0 Å². The van der Waals surface area contributed by atoms with Crippen LogP contribution in [-0.2, 0) is 53.6 Å². The molecule has 0 saturated heterocycles. The molecule has 0 aliphatic rings. The first-order valence-corrected chi connectivity index (χ1v) is 0. The molecule has 0 amide bonds. The van der Waals surface area contributed by atoms with Crippen molar-refractivity contribution in [3.63, 3.8) is 0 Å². The van der Waals surface area contributed by atoms with Crippen molar-refractivity contribution in [2.45, 2.75) is 0 Å². The van der Waals surface area contributed by atoms with Gasteiger partial charge in [-0.05, 0) is 0 Å². The summed E-state index contributed by atoms with van der Waals surface area (Å²) in [5, 5.41) is 0.